The van der Waals surface area contributed by atoms with Gasteiger partial charge in [-0.15, -0.1) is 0 Å². The summed E-state index contributed by atoms with van der Waals surface area (Å²) >= 11 is 12.3. The Hall–Kier alpha value is -1.55. The van der Waals surface area contributed by atoms with Crippen molar-refractivity contribution >= 4 is 29.1 Å². The molecule has 5 heteroatoms. The van der Waals surface area contributed by atoms with E-state index in [-0.39, 0.29) is 11.8 Å². The first kappa shape index (κ1) is 16.8. The second-order valence-corrected chi connectivity index (χ2v) is 5.87. The van der Waals surface area contributed by atoms with E-state index in [4.69, 9.17) is 23.2 Å². The van der Waals surface area contributed by atoms with Gasteiger partial charge in [0.1, 0.15) is 0 Å². The molecule has 1 unspecified atom stereocenters. The highest BCUT2D eigenvalue weighted by Gasteiger charge is 2.13. The number of nitrogens with one attached hydrogen (secondary N) is 1. The van der Waals surface area contributed by atoms with Crippen molar-refractivity contribution in [3.63, 3.8) is 0 Å². The number of amides is 1. The van der Waals surface area contributed by atoms with E-state index >= 15 is 0 Å². The zero-order chi connectivity index (χ0) is 16.1. The fourth-order valence-corrected chi connectivity index (χ4v) is 2.85. The van der Waals surface area contributed by atoms with Crippen molar-refractivity contribution in [2.24, 2.45) is 0 Å². The molecule has 0 heterocycles. The predicted octanol–water partition coefficient (Wildman–Crippen LogP) is 4.63. The van der Waals surface area contributed by atoms with Gasteiger partial charge in [-0.25, -0.2) is 5.48 Å². The van der Waals surface area contributed by atoms with E-state index in [0.717, 1.165) is 17.5 Å². The van der Waals surface area contributed by atoms with Gasteiger partial charge in [0.25, 0.3) is 5.91 Å². The molecule has 0 fully saturated rings. The summed E-state index contributed by atoms with van der Waals surface area (Å²) in [6.07, 6.45) is 0.758. The molecule has 1 amide bonds. The molecule has 1 atom stereocenters. The molecule has 0 aliphatic carbocycles. The molecule has 0 aliphatic heterocycles. The summed E-state index contributed by atoms with van der Waals surface area (Å²) in [7, 11) is 1.41. The first-order valence-corrected chi connectivity index (χ1v) is 7.64. The van der Waals surface area contributed by atoms with Gasteiger partial charge in [0, 0.05) is 5.56 Å². The minimum Gasteiger partial charge on any atom is -0.277 e. The van der Waals surface area contributed by atoms with Gasteiger partial charge in [0.05, 0.1) is 17.2 Å². The Morgan fingerprint density at radius 1 is 1.23 bits per heavy atom. The molecule has 0 bridgehead atoms. The van der Waals surface area contributed by atoms with Crippen LogP contribution >= 0.6 is 23.2 Å². The van der Waals surface area contributed by atoms with Crippen LogP contribution in [0.3, 0.4) is 0 Å². The molecule has 0 spiro atoms. The summed E-state index contributed by atoms with van der Waals surface area (Å²) in [6, 6.07) is 13.1. The van der Waals surface area contributed by atoms with Crippen molar-refractivity contribution in [1.82, 2.24) is 5.48 Å². The number of hydroxylamine groups is 1. The summed E-state index contributed by atoms with van der Waals surface area (Å²) in [4.78, 5) is 16.4. The second-order valence-electron chi connectivity index (χ2n) is 5.08. The SMILES string of the molecule is CONC(=O)c1cccc(CC(C)c2cccc(Cl)c2Cl)c1. The van der Waals surface area contributed by atoms with E-state index in [9.17, 15) is 4.79 Å². The Kier molecular flexibility index (Phi) is 5.83. The fourth-order valence-electron chi connectivity index (χ4n) is 2.36. The van der Waals surface area contributed by atoms with Gasteiger partial charge in [-0.05, 0) is 41.7 Å². The monoisotopic (exact) mass is 337 g/mol. The smallest absolute Gasteiger partial charge is 0.274 e. The van der Waals surface area contributed by atoms with E-state index < -0.39 is 0 Å². The molecule has 0 saturated heterocycles. The Morgan fingerprint density at radius 3 is 2.68 bits per heavy atom. The molecule has 1 N–H and O–H groups in total. The number of carbonyl (C=O) groups is 1. The number of hydrogen-bond donors (Lipinski definition) is 1. The summed E-state index contributed by atoms with van der Waals surface area (Å²) in [5.74, 6) is -0.0790. The van der Waals surface area contributed by atoms with Crippen molar-refractivity contribution in [3.05, 3.63) is 69.2 Å². The van der Waals surface area contributed by atoms with Crippen LogP contribution in [0.15, 0.2) is 42.5 Å². The largest absolute Gasteiger partial charge is 0.277 e. The van der Waals surface area contributed by atoms with E-state index in [0.29, 0.717) is 15.6 Å². The zero-order valence-electron chi connectivity index (χ0n) is 12.4. The molecule has 2 aromatic carbocycles. The molecule has 116 valence electrons. The van der Waals surface area contributed by atoms with Crippen molar-refractivity contribution in [3.8, 4) is 0 Å². The highest BCUT2D eigenvalue weighted by molar-refractivity contribution is 6.42. The van der Waals surface area contributed by atoms with Crippen molar-refractivity contribution in [1.29, 1.82) is 0 Å². The quantitative estimate of drug-likeness (QED) is 0.807. The van der Waals surface area contributed by atoms with E-state index in [2.05, 4.69) is 17.2 Å². The molecular weight excluding hydrogens is 321 g/mol. The number of hydrogen-bond acceptors (Lipinski definition) is 2. The van der Waals surface area contributed by atoms with Crippen LogP contribution in [0.4, 0.5) is 0 Å². The van der Waals surface area contributed by atoms with Crippen LogP contribution < -0.4 is 5.48 Å². The minimum atomic E-state index is -0.266. The summed E-state index contributed by atoms with van der Waals surface area (Å²) in [5, 5.41) is 1.14. The van der Waals surface area contributed by atoms with E-state index in [1.54, 1.807) is 12.1 Å². The maximum Gasteiger partial charge on any atom is 0.274 e. The summed E-state index contributed by atoms with van der Waals surface area (Å²) in [5.41, 5.74) is 4.92. The number of carbonyl (C=O) groups excluding carboxylic acids is 1. The third kappa shape index (κ3) is 4.01. The van der Waals surface area contributed by atoms with Gasteiger partial charge >= 0.3 is 0 Å². The Bertz CT molecular complexity index is 673. The minimum absolute atomic E-state index is 0.187. The summed E-state index contributed by atoms with van der Waals surface area (Å²) in [6.45, 7) is 2.08. The van der Waals surface area contributed by atoms with Gasteiger partial charge in [-0.3, -0.25) is 9.63 Å². The van der Waals surface area contributed by atoms with Gasteiger partial charge in [-0.2, -0.15) is 0 Å². The van der Waals surface area contributed by atoms with E-state index in [1.807, 2.05) is 30.3 Å². The molecule has 0 radical (unpaired) electrons. The lowest BCUT2D eigenvalue weighted by molar-refractivity contribution is 0.0537. The van der Waals surface area contributed by atoms with Crippen molar-refractivity contribution in [2.45, 2.75) is 19.3 Å². The van der Waals surface area contributed by atoms with Gasteiger partial charge in [0.2, 0.25) is 0 Å². The first-order valence-electron chi connectivity index (χ1n) is 6.89. The van der Waals surface area contributed by atoms with Gasteiger partial charge in [0.15, 0.2) is 0 Å². The zero-order valence-corrected chi connectivity index (χ0v) is 13.9. The second kappa shape index (κ2) is 7.63. The Balaban J connectivity index is 2.18. The van der Waals surface area contributed by atoms with Crippen LogP contribution in [0, 0.1) is 0 Å². The highest BCUT2D eigenvalue weighted by atomic mass is 35.5. The Morgan fingerprint density at radius 2 is 1.95 bits per heavy atom. The molecule has 0 aliphatic rings. The summed E-state index contributed by atoms with van der Waals surface area (Å²) < 4.78 is 0. The molecule has 2 aromatic rings. The van der Waals surface area contributed by atoms with Gasteiger partial charge in [-0.1, -0.05) is 54.4 Å². The number of halogens is 2. The van der Waals surface area contributed by atoms with Crippen molar-refractivity contribution < 1.29 is 9.63 Å². The predicted molar refractivity (Wildman–Crippen MR) is 89.5 cm³/mol. The lowest BCUT2D eigenvalue weighted by atomic mass is 9.93. The molecular formula is C17H17Cl2NO2. The first-order chi connectivity index (χ1) is 10.5. The Labute approximate surface area is 140 Å². The topological polar surface area (TPSA) is 38.3 Å². The van der Waals surface area contributed by atoms with Crippen LogP contribution in [0.25, 0.3) is 0 Å². The molecule has 22 heavy (non-hydrogen) atoms. The van der Waals surface area contributed by atoms with Crippen LogP contribution in [0.5, 0.6) is 0 Å². The fraction of sp³-hybridized carbons (Fsp3) is 0.235. The standard InChI is InChI=1S/C17H17Cl2NO2/c1-11(14-7-4-8-15(18)16(14)19)9-12-5-3-6-13(10-12)17(21)20-22-2/h3-8,10-11H,9H2,1-2H3,(H,20,21). The van der Waals surface area contributed by atoms with Crippen LogP contribution in [-0.2, 0) is 11.3 Å². The molecule has 3 nitrogen and oxygen atoms in total. The third-order valence-corrected chi connectivity index (χ3v) is 4.27. The van der Waals surface area contributed by atoms with Crippen LogP contribution in [0.2, 0.25) is 10.0 Å². The number of rotatable bonds is 5. The maximum atomic E-state index is 11.8. The lowest BCUT2D eigenvalue weighted by Crippen LogP contribution is -2.21. The number of benzene rings is 2. The normalized spacial score (nSPS) is 12.0. The lowest BCUT2D eigenvalue weighted by Gasteiger charge is -2.15. The highest BCUT2D eigenvalue weighted by Crippen LogP contribution is 2.32. The van der Waals surface area contributed by atoms with Crippen molar-refractivity contribution in [2.75, 3.05) is 7.11 Å². The molecule has 0 aromatic heterocycles. The maximum absolute atomic E-state index is 11.8. The van der Waals surface area contributed by atoms with Crippen LogP contribution in [-0.4, -0.2) is 13.0 Å². The van der Waals surface area contributed by atoms with Crippen LogP contribution in [0.1, 0.15) is 34.3 Å². The van der Waals surface area contributed by atoms with Gasteiger partial charge < -0.3 is 0 Å². The molecule has 0 saturated carbocycles. The average Bonchev–Trinajstić information content (AvgIpc) is 2.50. The molecule has 2 rings (SSSR count). The third-order valence-electron chi connectivity index (χ3n) is 3.44. The average molecular weight is 338 g/mol. The van der Waals surface area contributed by atoms with E-state index in [1.165, 1.54) is 7.11 Å².